The third-order valence-corrected chi connectivity index (χ3v) is 6.07. The van der Waals surface area contributed by atoms with Gasteiger partial charge in [0.2, 0.25) is 0 Å². The van der Waals surface area contributed by atoms with Crippen molar-refractivity contribution in [1.29, 1.82) is 0 Å². The maximum Gasteiger partial charge on any atom is 0.280 e. The lowest BCUT2D eigenvalue weighted by molar-refractivity contribution is 0.276. The van der Waals surface area contributed by atoms with Crippen molar-refractivity contribution in [2.24, 2.45) is 11.7 Å². The predicted octanol–water partition coefficient (Wildman–Crippen LogP) is 1.18. The predicted molar refractivity (Wildman–Crippen MR) is 82.9 cm³/mol. The minimum Gasteiger partial charge on any atom is -0.326 e. The lowest BCUT2D eigenvalue weighted by Gasteiger charge is -2.31. The van der Waals surface area contributed by atoms with Gasteiger partial charge in [0, 0.05) is 19.1 Å². The highest BCUT2D eigenvalue weighted by Crippen LogP contribution is 2.31. The average molecular weight is 309 g/mol. The highest BCUT2D eigenvalue weighted by Gasteiger charge is 2.35. The molecule has 3 rings (SSSR count). The Labute approximate surface area is 126 Å². The molecule has 1 fully saturated rings. The molecular formula is C15H23N3O2S. The van der Waals surface area contributed by atoms with Crippen LogP contribution in [0.5, 0.6) is 0 Å². The number of rotatable bonds is 3. The first kappa shape index (κ1) is 15.0. The zero-order valence-electron chi connectivity index (χ0n) is 12.3. The molecule has 3 atom stereocenters. The zero-order valence-corrected chi connectivity index (χ0v) is 13.1. The lowest BCUT2D eigenvalue weighted by Crippen LogP contribution is -2.49. The molecule has 0 amide bonds. The minimum atomic E-state index is -3.47. The summed E-state index contributed by atoms with van der Waals surface area (Å²) in [4.78, 5) is 0. The molecule has 0 radical (unpaired) electrons. The molecule has 0 bridgehead atoms. The molecule has 1 aliphatic heterocycles. The number of nitrogens with zero attached hydrogens (tertiary/aromatic N) is 1. The van der Waals surface area contributed by atoms with E-state index in [1.54, 1.807) is 4.31 Å². The lowest BCUT2D eigenvalue weighted by atomic mass is 10.0. The molecule has 0 saturated carbocycles. The molecule has 1 aliphatic carbocycles. The van der Waals surface area contributed by atoms with Gasteiger partial charge in [0.25, 0.3) is 10.2 Å². The van der Waals surface area contributed by atoms with Crippen molar-refractivity contribution >= 4 is 10.2 Å². The minimum absolute atomic E-state index is 0.195. The van der Waals surface area contributed by atoms with Crippen molar-refractivity contribution in [2.75, 3.05) is 13.1 Å². The van der Waals surface area contributed by atoms with Gasteiger partial charge in [-0.1, -0.05) is 31.2 Å². The second-order valence-electron chi connectivity index (χ2n) is 6.27. The molecule has 0 aromatic heterocycles. The van der Waals surface area contributed by atoms with Gasteiger partial charge in [-0.3, -0.25) is 0 Å². The van der Waals surface area contributed by atoms with Crippen LogP contribution in [-0.4, -0.2) is 31.9 Å². The zero-order chi connectivity index (χ0) is 15.0. The maximum atomic E-state index is 12.6. The summed E-state index contributed by atoms with van der Waals surface area (Å²) in [5, 5.41) is 0. The van der Waals surface area contributed by atoms with Gasteiger partial charge in [0.05, 0.1) is 6.04 Å². The SMILES string of the molecule is CC1CCCN(S(=O)(=O)NC2c3ccccc3CC2N)C1. The summed E-state index contributed by atoms with van der Waals surface area (Å²) in [7, 11) is -3.47. The molecule has 1 saturated heterocycles. The van der Waals surface area contributed by atoms with E-state index in [1.807, 2.05) is 24.3 Å². The fourth-order valence-electron chi connectivity index (χ4n) is 3.38. The Morgan fingerprint density at radius 2 is 2.10 bits per heavy atom. The third kappa shape index (κ3) is 2.99. The Balaban J connectivity index is 1.79. The molecular weight excluding hydrogens is 286 g/mol. The highest BCUT2D eigenvalue weighted by molar-refractivity contribution is 7.87. The van der Waals surface area contributed by atoms with Crippen molar-refractivity contribution in [2.45, 2.75) is 38.3 Å². The van der Waals surface area contributed by atoms with Crippen molar-refractivity contribution < 1.29 is 8.42 Å². The first-order valence-corrected chi connectivity index (χ1v) is 9.02. The summed E-state index contributed by atoms with van der Waals surface area (Å²) in [6, 6.07) is 7.37. The first-order chi connectivity index (χ1) is 9.97. The van der Waals surface area contributed by atoms with E-state index in [2.05, 4.69) is 11.6 Å². The van der Waals surface area contributed by atoms with E-state index in [4.69, 9.17) is 5.73 Å². The smallest absolute Gasteiger partial charge is 0.280 e. The monoisotopic (exact) mass is 309 g/mol. The van der Waals surface area contributed by atoms with E-state index in [1.165, 1.54) is 0 Å². The van der Waals surface area contributed by atoms with Crippen LogP contribution in [0.4, 0.5) is 0 Å². The Bertz CT molecular complexity index is 617. The van der Waals surface area contributed by atoms with Crippen molar-refractivity contribution in [3.05, 3.63) is 35.4 Å². The van der Waals surface area contributed by atoms with Crippen LogP contribution < -0.4 is 10.5 Å². The highest BCUT2D eigenvalue weighted by atomic mass is 32.2. The average Bonchev–Trinajstić information content (AvgIpc) is 2.75. The van der Waals surface area contributed by atoms with Gasteiger partial charge >= 0.3 is 0 Å². The number of piperidine rings is 1. The maximum absolute atomic E-state index is 12.6. The molecule has 1 heterocycles. The van der Waals surface area contributed by atoms with Crippen LogP contribution in [0, 0.1) is 5.92 Å². The van der Waals surface area contributed by atoms with Crippen molar-refractivity contribution in [1.82, 2.24) is 9.03 Å². The Morgan fingerprint density at radius 3 is 2.86 bits per heavy atom. The summed E-state index contributed by atoms with van der Waals surface area (Å²) in [5.74, 6) is 0.417. The Hall–Kier alpha value is -0.950. The van der Waals surface area contributed by atoms with Gasteiger partial charge in [-0.05, 0) is 36.3 Å². The molecule has 2 aliphatic rings. The molecule has 3 unspecified atom stereocenters. The summed E-state index contributed by atoms with van der Waals surface area (Å²) in [6.07, 6.45) is 2.74. The number of benzene rings is 1. The summed E-state index contributed by atoms with van der Waals surface area (Å²) in [5.41, 5.74) is 8.30. The largest absolute Gasteiger partial charge is 0.326 e. The standard InChI is InChI=1S/C15H23N3O2S/c1-11-5-4-8-18(10-11)21(19,20)17-15-13-7-3-2-6-12(13)9-14(15)16/h2-3,6-7,11,14-15,17H,4-5,8-10,16H2,1H3. The molecule has 1 aromatic carbocycles. The first-order valence-electron chi connectivity index (χ1n) is 7.58. The van der Waals surface area contributed by atoms with Gasteiger partial charge in [0.15, 0.2) is 0 Å². The van der Waals surface area contributed by atoms with Crippen molar-refractivity contribution in [3.8, 4) is 0 Å². The van der Waals surface area contributed by atoms with E-state index in [-0.39, 0.29) is 12.1 Å². The number of hydrogen-bond acceptors (Lipinski definition) is 3. The third-order valence-electron chi connectivity index (χ3n) is 4.51. The second kappa shape index (κ2) is 5.68. The van der Waals surface area contributed by atoms with Crippen LogP contribution in [0.15, 0.2) is 24.3 Å². The topological polar surface area (TPSA) is 75.4 Å². The molecule has 116 valence electrons. The van der Waals surface area contributed by atoms with Crippen LogP contribution in [0.3, 0.4) is 0 Å². The normalized spacial score (nSPS) is 30.3. The fraction of sp³-hybridized carbons (Fsp3) is 0.600. The fourth-order valence-corrected chi connectivity index (χ4v) is 4.97. The van der Waals surface area contributed by atoms with Gasteiger partial charge in [-0.15, -0.1) is 0 Å². The number of fused-ring (bicyclic) bond motifs is 1. The van der Waals surface area contributed by atoms with Crippen LogP contribution in [0.1, 0.15) is 36.9 Å². The van der Waals surface area contributed by atoms with E-state index >= 15 is 0 Å². The van der Waals surface area contributed by atoms with E-state index in [0.717, 1.165) is 30.4 Å². The van der Waals surface area contributed by atoms with Gasteiger partial charge in [0.1, 0.15) is 0 Å². The molecule has 1 aromatic rings. The quantitative estimate of drug-likeness (QED) is 0.880. The van der Waals surface area contributed by atoms with Crippen molar-refractivity contribution in [3.63, 3.8) is 0 Å². The second-order valence-corrected chi connectivity index (χ2v) is 7.98. The van der Waals surface area contributed by atoms with Crippen LogP contribution in [-0.2, 0) is 16.6 Å². The van der Waals surface area contributed by atoms with Gasteiger partial charge in [-0.25, -0.2) is 0 Å². The van der Waals surface area contributed by atoms with E-state index < -0.39 is 10.2 Å². The van der Waals surface area contributed by atoms with Crippen LogP contribution >= 0.6 is 0 Å². The number of nitrogens with one attached hydrogen (secondary N) is 1. The summed E-state index contributed by atoms with van der Waals surface area (Å²) < 4.78 is 29.6. The summed E-state index contributed by atoms with van der Waals surface area (Å²) >= 11 is 0. The number of hydrogen-bond donors (Lipinski definition) is 2. The number of nitrogens with two attached hydrogens (primary N) is 1. The molecule has 21 heavy (non-hydrogen) atoms. The molecule has 6 heteroatoms. The molecule has 5 nitrogen and oxygen atoms in total. The summed E-state index contributed by atoms with van der Waals surface area (Å²) in [6.45, 7) is 3.29. The van der Waals surface area contributed by atoms with Gasteiger partial charge in [-0.2, -0.15) is 17.4 Å². The molecule has 0 spiro atoms. The molecule has 3 N–H and O–H groups in total. The van der Waals surface area contributed by atoms with Gasteiger partial charge < -0.3 is 5.73 Å². The van der Waals surface area contributed by atoms with Crippen LogP contribution in [0.25, 0.3) is 0 Å². The Morgan fingerprint density at radius 1 is 1.33 bits per heavy atom. The Kier molecular flexibility index (Phi) is 4.05. The van der Waals surface area contributed by atoms with E-state index in [9.17, 15) is 8.42 Å². The van der Waals surface area contributed by atoms with E-state index in [0.29, 0.717) is 19.0 Å². The van der Waals surface area contributed by atoms with Crippen LogP contribution in [0.2, 0.25) is 0 Å².